The van der Waals surface area contributed by atoms with E-state index < -0.39 is 0 Å². The molecule has 4 bridgehead atoms. The lowest BCUT2D eigenvalue weighted by atomic mass is 9.60. The molecule has 0 amide bonds. The average molecular weight is 184 g/mol. The van der Waals surface area contributed by atoms with Gasteiger partial charge in [-0.1, -0.05) is 6.42 Å². The summed E-state index contributed by atoms with van der Waals surface area (Å²) >= 11 is 0. The molecule has 9 aliphatic carbocycles. The number of rotatable bonds is 1. The Labute approximate surface area is 84.4 Å². The molecule has 72 valence electrons. The first kappa shape index (κ1) is 5.92. The van der Waals surface area contributed by atoms with Gasteiger partial charge in [-0.15, -0.1) is 0 Å². The Hall–Kier alpha value is 0. The van der Waals surface area contributed by atoms with Crippen LogP contribution in [0.15, 0.2) is 0 Å². The number of hydrogen-bond donors (Lipinski definition) is 0. The van der Waals surface area contributed by atoms with Gasteiger partial charge in [-0.05, 0) is 77.4 Å². The van der Waals surface area contributed by atoms with Gasteiger partial charge in [0, 0.05) is 0 Å². The zero-order chi connectivity index (χ0) is 8.45. The van der Waals surface area contributed by atoms with Crippen LogP contribution < -0.4 is 0 Å². The molecule has 0 aromatic carbocycles. The lowest BCUT2D eigenvalue weighted by Gasteiger charge is -2.44. The monoisotopic (exact) mass is 184 g/mol. The molecule has 0 heterocycles. The molecule has 14 heavy (non-hydrogen) atoms. The van der Waals surface area contributed by atoms with Crippen molar-refractivity contribution in [3.63, 3.8) is 0 Å². The van der Waals surface area contributed by atoms with Crippen molar-refractivity contribution in [1.82, 2.24) is 0 Å². The number of hydrogen-bond acceptors (Lipinski definition) is 0. The van der Waals surface area contributed by atoms with Crippen molar-refractivity contribution in [2.75, 3.05) is 0 Å². The molecule has 0 aliphatic heterocycles. The highest BCUT2D eigenvalue weighted by Gasteiger charge is 3.07. The van der Waals surface area contributed by atoms with E-state index in [-0.39, 0.29) is 0 Å². The summed E-state index contributed by atoms with van der Waals surface area (Å²) in [6.45, 7) is 0. The first-order valence-corrected chi connectivity index (χ1v) is 6.94. The molecular formula is C14H16. The second-order valence-corrected chi connectivity index (χ2v) is 7.72. The van der Waals surface area contributed by atoms with Gasteiger partial charge in [0.1, 0.15) is 0 Å². The standard InChI is InChI=1S/C14H16/c1-2-5-10-11(5)13(10,3-1)14-7-4-6-8(9(6)14)12(7)14/h5-12H,1-4H2/t5?,6-,7+,8?,9?,10?,11?,12?,13?,14?/m1/s1. The first-order valence-electron chi connectivity index (χ1n) is 6.94. The van der Waals surface area contributed by atoms with Crippen LogP contribution in [0.4, 0.5) is 0 Å². The molecular weight excluding hydrogens is 168 g/mol. The van der Waals surface area contributed by atoms with Crippen molar-refractivity contribution in [1.29, 1.82) is 0 Å². The van der Waals surface area contributed by atoms with Gasteiger partial charge in [0.2, 0.25) is 0 Å². The SMILES string of the molecule is C1CC2C3C2C3(C23C4C5C2[C@@H]3C[C@H]54)C1. The maximum absolute atomic E-state index is 1.70. The highest BCUT2D eigenvalue weighted by Crippen LogP contribution is 3.10. The highest BCUT2D eigenvalue weighted by atomic mass is 15.1. The minimum absolute atomic E-state index is 1.04. The van der Waals surface area contributed by atoms with Gasteiger partial charge in [0.05, 0.1) is 0 Å². The maximum Gasteiger partial charge on any atom is -0.0136 e. The Morgan fingerprint density at radius 1 is 0.929 bits per heavy atom. The highest BCUT2D eigenvalue weighted by molar-refractivity contribution is 5.53. The van der Waals surface area contributed by atoms with E-state index in [0.29, 0.717) is 0 Å². The Morgan fingerprint density at radius 2 is 1.86 bits per heavy atom. The van der Waals surface area contributed by atoms with Crippen LogP contribution in [0.1, 0.15) is 25.7 Å². The van der Waals surface area contributed by atoms with Crippen LogP contribution in [0.5, 0.6) is 0 Å². The molecule has 0 aromatic rings. The van der Waals surface area contributed by atoms with E-state index in [0.717, 1.165) is 10.8 Å². The average Bonchev–Trinajstić information content (AvgIpc) is 3.10. The molecule has 0 nitrogen and oxygen atoms in total. The van der Waals surface area contributed by atoms with E-state index >= 15 is 0 Å². The molecule has 0 spiro atoms. The van der Waals surface area contributed by atoms with Crippen LogP contribution in [-0.2, 0) is 0 Å². The predicted octanol–water partition coefficient (Wildman–Crippen LogP) is 2.54. The minimum atomic E-state index is 1.04. The summed E-state index contributed by atoms with van der Waals surface area (Å²) in [6, 6.07) is 0. The molecule has 0 radical (unpaired) electrons. The second kappa shape index (κ2) is 1.17. The number of fused-ring (bicyclic) bond motifs is 2. The van der Waals surface area contributed by atoms with Crippen LogP contribution in [0.3, 0.4) is 0 Å². The van der Waals surface area contributed by atoms with Gasteiger partial charge in [0.15, 0.2) is 0 Å². The summed E-state index contributed by atoms with van der Waals surface area (Å²) in [7, 11) is 0. The van der Waals surface area contributed by atoms with E-state index in [4.69, 9.17) is 0 Å². The Bertz CT molecular complexity index is 393. The summed E-state index contributed by atoms with van der Waals surface area (Å²) in [5, 5.41) is 0. The third-order valence-corrected chi connectivity index (χ3v) is 8.39. The van der Waals surface area contributed by atoms with Crippen LogP contribution in [0.2, 0.25) is 0 Å². The van der Waals surface area contributed by atoms with Crippen molar-refractivity contribution in [2.45, 2.75) is 25.7 Å². The molecule has 9 rings (SSSR count). The van der Waals surface area contributed by atoms with E-state index in [1.165, 1.54) is 47.3 Å². The van der Waals surface area contributed by atoms with Crippen LogP contribution in [0.25, 0.3) is 0 Å². The first-order chi connectivity index (χ1) is 6.94. The summed E-state index contributed by atoms with van der Waals surface area (Å²) < 4.78 is 0. The summed E-state index contributed by atoms with van der Waals surface area (Å²) in [4.78, 5) is 0. The molecule has 0 heteroatoms. The fourth-order valence-electron chi connectivity index (χ4n) is 8.55. The van der Waals surface area contributed by atoms with Gasteiger partial charge in [-0.2, -0.15) is 0 Å². The Balaban J connectivity index is 1.47. The van der Waals surface area contributed by atoms with Crippen LogP contribution >= 0.6 is 0 Å². The quantitative estimate of drug-likeness (QED) is 0.587. The van der Waals surface area contributed by atoms with E-state index in [9.17, 15) is 0 Å². The molecule has 9 saturated carbocycles. The molecule has 9 aliphatic rings. The molecule has 0 saturated heterocycles. The maximum atomic E-state index is 1.70. The van der Waals surface area contributed by atoms with Gasteiger partial charge >= 0.3 is 0 Å². The van der Waals surface area contributed by atoms with Crippen molar-refractivity contribution < 1.29 is 0 Å². The van der Waals surface area contributed by atoms with Gasteiger partial charge < -0.3 is 0 Å². The van der Waals surface area contributed by atoms with E-state index in [1.54, 1.807) is 25.7 Å². The molecule has 9 fully saturated rings. The fraction of sp³-hybridized carbons (Fsp3) is 1.00. The summed E-state index contributed by atoms with van der Waals surface area (Å²) in [5.74, 6) is 10.4. The zero-order valence-electron chi connectivity index (χ0n) is 8.45. The Kier molecular flexibility index (Phi) is 0.494. The largest absolute Gasteiger partial charge is 0.0524 e. The molecule has 0 N–H and O–H groups in total. The van der Waals surface area contributed by atoms with Gasteiger partial charge in [0.25, 0.3) is 0 Å². The van der Waals surface area contributed by atoms with Crippen molar-refractivity contribution in [3.05, 3.63) is 0 Å². The molecule has 8 atom stereocenters. The van der Waals surface area contributed by atoms with Crippen molar-refractivity contribution in [2.24, 2.45) is 58.2 Å². The zero-order valence-corrected chi connectivity index (χ0v) is 8.45. The van der Waals surface area contributed by atoms with Crippen molar-refractivity contribution >= 4 is 0 Å². The van der Waals surface area contributed by atoms with Crippen LogP contribution in [-0.4, -0.2) is 0 Å². The third-order valence-electron chi connectivity index (χ3n) is 8.39. The topological polar surface area (TPSA) is 0 Å². The smallest absolute Gasteiger partial charge is 0.0136 e. The summed E-state index contributed by atoms with van der Waals surface area (Å²) in [5.41, 5.74) is 2.10. The lowest BCUT2D eigenvalue weighted by Crippen LogP contribution is -2.39. The van der Waals surface area contributed by atoms with Gasteiger partial charge in [-0.25, -0.2) is 0 Å². The minimum Gasteiger partial charge on any atom is -0.0524 e. The van der Waals surface area contributed by atoms with Crippen molar-refractivity contribution in [3.8, 4) is 0 Å². The Morgan fingerprint density at radius 3 is 2.43 bits per heavy atom. The lowest BCUT2D eigenvalue weighted by molar-refractivity contribution is 0.0292. The summed E-state index contributed by atoms with van der Waals surface area (Å²) in [6.07, 6.45) is 6.62. The van der Waals surface area contributed by atoms with E-state index in [1.807, 2.05) is 0 Å². The molecule has 0 aromatic heterocycles. The predicted molar refractivity (Wildman–Crippen MR) is 51.3 cm³/mol. The van der Waals surface area contributed by atoms with Crippen LogP contribution in [0, 0.1) is 58.2 Å². The van der Waals surface area contributed by atoms with Gasteiger partial charge in [-0.3, -0.25) is 0 Å². The fourth-order valence-corrected chi connectivity index (χ4v) is 8.55. The third kappa shape index (κ3) is 0.265. The normalized spacial score (nSPS) is 96.0. The van der Waals surface area contributed by atoms with E-state index in [2.05, 4.69) is 0 Å². The molecule has 6 unspecified atom stereocenters. The second-order valence-electron chi connectivity index (χ2n) is 7.72.